The van der Waals surface area contributed by atoms with Gasteiger partial charge in [0.2, 0.25) is 0 Å². The first-order chi connectivity index (χ1) is 6.65. The maximum Gasteiger partial charge on any atom is 0.0912 e. The highest BCUT2D eigenvalue weighted by atomic mass is 32.2. The lowest BCUT2D eigenvalue weighted by atomic mass is 10.1. The van der Waals surface area contributed by atoms with Crippen molar-refractivity contribution in [3.05, 3.63) is 34.9 Å². The molecule has 0 aliphatic carbocycles. The molecule has 3 heteroatoms. The Bertz CT molecular complexity index is 299. The maximum atomic E-state index is 6.03. The minimum absolute atomic E-state index is 0.0237. The van der Waals surface area contributed by atoms with Gasteiger partial charge in [-0.3, -0.25) is 4.72 Å². The Balaban J connectivity index is 2.74. The summed E-state index contributed by atoms with van der Waals surface area (Å²) >= 11 is 1.58. The fourth-order valence-corrected chi connectivity index (χ4v) is 2.12. The second-order valence-corrected chi connectivity index (χ2v) is 4.43. The molecule has 3 N–H and O–H groups in total. The van der Waals surface area contributed by atoms with Crippen LogP contribution in [0.2, 0.25) is 0 Å². The van der Waals surface area contributed by atoms with E-state index in [-0.39, 0.29) is 5.37 Å². The van der Waals surface area contributed by atoms with Crippen molar-refractivity contribution in [1.29, 1.82) is 0 Å². The van der Waals surface area contributed by atoms with E-state index in [1.54, 1.807) is 11.9 Å². The molecular weight excluding hydrogens is 192 g/mol. The molecule has 1 unspecified atom stereocenters. The van der Waals surface area contributed by atoms with E-state index >= 15 is 0 Å². The van der Waals surface area contributed by atoms with Crippen LogP contribution < -0.4 is 10.5 Å². The normalized spacial score (nSPS) is 12.9. The molecule has 1 aromatic carbocycles. The molecule has 1 aromatic rings. The van der Waals surface area contributed by atoms with Gasteiger partial charge in [0.05, 0.1) is 5.37 Å². The molecule has 78 valence electrons. The van der Waals surface area contributed by atoms with Crippen LogP contribution in [0.1, 0.15) is 29.0 Å². The molecule has 0 spiro atoms. The number of hydrogen-bond donors (Lipinski definition) is 2. The number of nitrogens with one attached hydrogen (secondary N) is 1. The van der Waals surface area contributed by atoms with Crippen molar-refractivity contribution in [2.75, 3.05) is 6.54 Å². The average molecular weight is 210 g/mol. The highest BCUT2D eigenvalue weighted by molar-refractivity contribution is 7.97. The van der Waals surface area contributed by atoms with Crippen molar-refractivity contribution in [3.63, 3.8) is 0 Å². The zero-order chi connectivity index (χ0) is 10.6. The molecule has 0 saturated carbocycles. The molecular formula is C11H18N2S. The molecule has 0 aliphatic rings. The van der Waals surface area contributed by atoms with Crippen LogP contribution >= 0.6 is 11.9 Å². The van der Waals surface area contributed by atoms with Gasteiger partial charge in [-0.05, 0) is 25.0 Å². The highest BCUT2D eigenvalue weighted by Gasteiger charge is 2.08. The third kappa shape index (κ3) is 3.01. The van der Waals surface area contributed by atoms with Crippen LogP contribution in [0.15, 0.2) is 18.2 Å². The molecule has 1 atom stereocenters. The summed E-state index contributed by atoms with van der Waals surface area (Å²) in [6.07, 6.45) is 0. The topological polar surface area (TPSA) is 38.0 Å². The van der Waals surface area contributed by atoms with Gasteiger partial charge < -0.3 is 5.73 Å². The van der Waals surface area contributed by atoms with Gasteiger partial charge in [0, 0.05) is 6.54 Å². The van der Waals surface area contributed by atoms with Gasteiger partial charge in [0.25, 0.3) is 0 Å². The molecule has 0 saturated heterocycles. The Kier molecular flexibility index (Phi) is 4.45. The number of nitrogens with two attached hydrogens (primary N) is 1. The fraction of sp³-hybridized carbons (Fsp3) is 0.455. The van der Waals surface area contributed by atoms with Crippen molar-refractivity contribution in [3.8, 4) is 0 Å². The lowest BCUT2D eigenvalue weighted by Gasteiger charge is -2.14. The minimum atomic E-state index is 0.0237. The standard InChI is InChI=1S/C11H18N2S/c1-4-13-14-11(12)10-6-5-8(2)7-9(10)3/h5-7,11,13H,4,12H2,1-3H3. The lowest BCUT2D eigenvalue weighted by molar-refractivity contribution is 0.965. The van der Waals surface area contributed by atoms with Crippen LogP contribution in [0.25, 0.3) is 0 Å². The molecule has 0 heterocycles. The molecule has 1 rings (SSSR count). The van der Waals surface area contributed by atoms with E-state index in [2.05, 4.69) is 43.7 Å². The van der Waals surface area contributed by atoms with Crippen molar-refractivity contribution >= 4 is 11.9 Å². The van der Waals surface area contributed by atoms with Crippen LogP contribution in [-0.2, 0) is 0 Å². The van der Waals surface area contributed by atoms with Crippen molar-refractivity contribution in [2.24, 2.45) is 5.73 Å². The summed E-state index contributed by atoms with van der Waals surface area (Å²) in [6.45, 7) is 7.21. The number of aryl methyl sites for hydroxylation is 2. The highest BCUT2D eigenvalue weighted by Crippen LogP contribution is 2.24. The van der Waals surface area contributed by atoms with Crippen LogP contribution in [0.5, 0.6) is 0 Å². The first kappa shape index (κ1) is 11.6. The number of benzene rings is 1. The Hall–Kier alpha value is -0.510. The summed E-state index contributed by atoms with van der Waals surface area (Å²) in [5.41, 5.74) is 9.79. The molecule has 0 aromatic heterocycles. The third-order valence-electron chi connectivity index (χ3n) is 2.09. The third-order valence-corrected chi connectivity index (χ3v) is 3.05. The molecule has 0 fully saturated rings. The summed E-state index contributed by atoms with van der Waals surface area (Å²) in [7, 11) is 0. The quantitative estimate of drug-likeness (QED) is 0.592. The van der Waals surface area contributed by atoms with E-state index in [0.29, 0.717) is 0 Å². The van der Waals surface area contributed by atoms with E-state index in [1.807, 2.05) is 0 Å². The van der Waals surface area contributed by atoms with E-state index in [4.69, 9.17) is 5.73 Å². The molecule has 14 heavy (non-hydrogen) atoms. The summed E-state index contributed by atoms with van der Waals surface area (Å²) in [6, 6.07) is 6.38. The van der Waals surface area contributed by atoms with E-state index < -0.39 is 0 Å². The minimum Gasteiger partial charge on any atom is -0.315 e. The zero-order valence-electron chi connectivity index (χ0n) is 9.00. The van der Waals surface area contributed by atoms with Gasteiger partial charge in [-0.1, -0.05) is 42.6 Å². The van der Waals surface area contributed by atoms with Crippen molar-refractivity contribution in [1.82, 2.24) is 4.72 Å². The Morgan fingerprint density at radius 1 is 1.43 bits per heavy atom. The predicted molar refractivity (Wildman–Crippen MR) is 64.1 cm³/mol. The molecule has 0 amide bonds. The van der Waals surface area contributed by atoms with Crippen molar-refractivity contribution in [2.45, 2.75) is 26.1 Å². The first-order valence-electron chi connectivity index (χ1n) is 4.86. The van der Waals surface area contributed by atoms with Crippen LogP contribution in [-0.4, -0.2) is 6.54 Å². The lowest BCUT2D eigenvalue weighted by Crippen LogP contribution is -2.14. The summed E-state index contributed by atoms with van der Waals surface area (Å²) in [5.74, 6) is 0. The van der Waals surface area contributed by atoms with Crippen LogP contribution in [0.3, 0.4) is 0 Å². The number of hydrogen-bond acceptors (Lipinski definition) is 3. The zero-order valence-corrected chi connectivity index (χ0v) is 9.82. The largest absolute Gasteiger partial charge is 0.315 e. The SMILES string of the molecule is CCNSC(N)c1ccc(C)cc1C. The van der Waals surface area contributed by atoms with Crippen LogP contribution in [0, 0.1) is 13.8 Å². The Morgan fingerprint density at radius 3 is 2.71 bits per heavy atom. The van der Waals surface area contributed by atoms with E-state index in [0.717, 1.165) is 6.54 Å². The Labute approximate surface area is 90.4 Å². The van der Waals surface area contributed by atoms with Gasteiger partial charge in [0.1, 0.15) is 0 Å². The van der Waals surface area contributed by atoms with Gasteiger partial charge >= 0.3 is 0 Å². The first-order valence-corrected chi connectivity index (χ1v) is 5.74. The summed E-state index contributed by atoms with van der Waals surface area (Å²) < 4.78 is 3.18. The smallest absolute Gasteiger partial charge is 0.0912 e. The monoisotopic (exact) mass is 210 g/mol. The summed E-state index contributed by atoms with van der Waals surface area (Å²) in [5, 5.41) is 0.0237. The fourth-order valence-electron chi connectivity index (χ4n) is 1.38. The summed E-state index contributed by atoms with van der Waals surface area (Å²) in [4.78, 5) is 0. The molecule has 0 bridgehead atoms. The second kappa shape index (κ2) is 5.39. The Morgan fingerprint density at radius 2 is 2.14 bits per heavy atom. The number of rotatable bonds is 4. The van der Waals surface area contributed by atoms with E-state index in [9.17, 15) is 0 Å². The van der Waals surface area contributed by atoms with Gasteiger partial charge in [-0.15, -0.1) is 0 Å². The second-order valence-electron chi connectivity index (χ2n) is 3.40. The van der Waals surface area contributed by atoms with Crippen LogP contribution in [0.4, 0.5) is 0 Å². The maximum absolute atomic E-state index is 6.03. The van der Waals surface area contributed by atoms with E-state index in [1.165, 1.54) is 16.7 Å². The predicted octanol–water partition coefficient (Wildman–Crippen LogP) is 2.52. The molecule has 0 radical (unpaired) electrons. The van der Waals surface area contributed by atoms with Gasteiger partial charge in [0.15, 0.2) is 0 Å². The van der Waals surface area contributed by atoms with Crippen molar-refractivity contribution < 1.29 is 0 Å². The molecule has 0 aliphatic heterocycles. The van der Waals surface area contributed by atoms with Gasteiger partial charge in [-0.25, -0.2) is 0 Å². The average Bonchev–Trinajstić information content (AvgIpc) is 2.14. The van der Waals surface area contributed by atoms with Gasteiger partial charge in [-0.2, -0.15) is 0 Å². The molecule has 2 nitrogen and oxygen atoms in total.